The number of nitrogens with one attached hydrogen (secondary N) is 1. The molecule has 3 rings (SSSR count). The molecule has 3 aromatic carbocycles. The summed E-state index contributed by atoms with van der Waals surface area (Å²) >= 11 is 0. The third-order valence-electron chi connectivity index (χ3n) is 6.12. The van der Waals surface area contributed by atoms with E-state index in [1.807, 2.05) is 42.5 Å². The number of carboxylic acid groups (broad SMARTS) is 1. The third kappa shape index (κ3) is 6.21. The van der Waals surface area contributed by atoms with Gasteiger partial charge in [-0.05, 0) is 96.7 Å². The van der Waals surface area contributed by atoms with Crippen molar-refractivity contribution in [1.82, 2.24) is 6.15 Å². The largest absolute Gasteiger partial charge is 0.545 e. The van der Waals surface area contributed by atoms with Gasteiger partial charge in [0.1, 0.15) is 0 Å². The molecule has 0 radical (unpaired) electrons. The van der Waals surface area contributed by atoms with Crippen molar-refractivity contribution in [2.75, 3.05) is 12.1 Å². The molecule has 0 atom stereocenters. The van der Waals surface area contributed by atoms with Gasteiger partial charge in [0.25, 0.3) is 0 Å². The van der Waals surface area contributed by atoms with E-state index in [-0.39, 0.29) is 6.15 Å². The number of carbonyl (C=O) groups is 1. The molecule has 0 bridgehead atoms. The molecule has 0 heterocycles. The zero-order valence-corrected chi connectivity index (χ0v) is 20.5. The van der Waals surface area contributed by atoms with Gasteiger partial charge in [0.05, 0.1) is 18.3 Å². The van der Waals surface area contributed by atoms with E-state index in [4.69, 9.17) is 4.84 Å². The van der Waals surface area contributed by atoms with Crippen LogP contribution >= 0.6 is 0 Å². The van der Waals surface area contributed by atoms with Gasteiger partial charge in [0.15, 0.2) is 0 Å². The Morgan fingerprint density at radius 3 is 2.09 bits per heavy atom. The minimum Gasteiger partial charge on any atom is -0.545 e. The highest BCUT2D eigenvalue weighted by Gasteiger charge is 2.18. The maximum atomic E-state index is 12.2. The number of aromatic carboxylic acids is 1. The van der Waals surface area contributed by atoms with Gasteiger partial charge in [-0.15, -0.1) is 0 Å². The monoisotopic (exact) mass is 448 g/mol. The number of quaternary nitrogens is 1. The van der Waals surface area contributed by atoms with Crippen LogP contribution in [0.25, 0.3) is 0 Å². The molecule has 0 saturated carbocycles. The fourth-order valence-electron chi connectivity index (χ4n) is 4.47. The van der Waals surface area contributed by atoms with Gasteiger partial charge >= 0.3 is 0 Å². The number of hydrogen-bond acceptors (Lipinski definition) is 4. The van der Waals surface area contributed by atoms with Crippen LogP contribution in [-0.4, -0.2) is 12.6 Å². The van der Waals surface area contributed by atoms with E-state index in [1.54, 1.807) is 0 Å². The number of hydrogen-bond donors (Lipinski definition) is 2. The number of carbonyl (C=O) groups excluding carboxylic acids is 1. The number of rotatable bonds is 10. The van der Waals surface area contributed by atoms with E-state index in [1.165, 1.54) is 22.3 Å². The standard InChI is InChI=1S/C28H33NO3.H3N/c1-5-23-21(15-16-32-29-22-13-8-7-9-14-22)17-27(28(30)31)26(24(23)6-2)18-25-19(3)11-10-12-20(25)4;/h7-14,17,29H,5-6,15-16,18H2,1-4H3,(H,30,31);1H3. The Kier molecular flexibility index (Phi) is 9.64. The van der Waals surface area contributed by atoms with Crippen molar-refractivity contribution in [1.29, 1.82) is 0 Å². The molecule has 0 saturated heterocycles. The minimum atomic E-state index is -1.12. The Labute approximate surface area is 197 Å². The zero-order chi connectivity index (χ0) is 23.1. The Balaban J connectivity index is 0.00000385. The molecule has 0 aliphatic carbocycles. The van der Waals surface area contributed by atoms with Gasteiger partial charge in [-0.3, -0.25) is 10.3 Å². The molecule has 33 heavy (non-hydrogen) atoms. The van der Waals surface area contributed by atoms with Crippen molar-refractivity contribution in [3.63, 3.8) is 0 Å². The predicted molar refractivity (Wildman–Crippen MR) is 134 cm³/mol. The highest BCUT2D eigenvalue weighted by molar-refractivity contribution is 5.89. The average molecular weight is 449 g/mol. The lowest BCUT2D eigenvalue weighted by atomic mass is 9.84. The summed E-state index contributed by atoms with van der Waals surface area (Å²) in [6.07, 6.45) is 2.85. The Morgan fingerprint density at radius 1 is 0.879 bits per heavy atom. The third-order valence-corrected chi connectivity index (χ3v) is 6.12. The summed E-state index contributed by atoms with van der Waals surface area (Å²) in [4.78, 5) is 17.8. The molecule has 0 aliphatic rings. The SMILES string of the molecule is CCc1c(CCONc2ccccc2)cc(C(=O)[O-])c(Cc2c(C)cccc2C)c1CC.[NH4+]. The summed E-state index contributed by atoms with van der Waals surface area (Å²) in [5, 5.41) is 12.2. The summed E-state index contributed by atoms with van der Waals surface area (Å²) in [6.45, 7) is 8.83. The van der Waals surface area contributed by atoms with E-state index < -0.39 is 5.97 Å². The molecule has 176 valence electrons. The molecule has 0 fully saturated rings. The van der Waals surface area contributed by atoms with Crippen molar-refractivity contribution < 1.29 is 14.7 Å². The van der Waals surface area contributed by atoms with E-state index in [0.29, 0.717) is 25.0 Å². The number of benzene rings is 3. The first-order valence-corrected chi connectivity index (χ1v) is 11.3. The van der Waals surface area contributed by atoms with E-state index in [0.717, 1.165) is 35.2 Å². The number of para-hydroxylation sites is 1. The molecular formula is C28H36N2O3. The van der Waals surface area contributed by atoms with Gasteiger partial charge in [-0.2, -0.15) is 0 Å². The number of anilines is 1. The van der Waals surface area contributed by atoms with E-state index >= 15 is 0 Å². The van der Waals surface area contributed by atoms with Crippen LogP contribution < -0.4 is 16.7 Å². The van der Waals surface area contributed by atoms with E-state index in [9.17, 15) is 9.90 Å². The molecule has 5 N–H and O–H groups in total. The number of carboxylic acids is 1. The van der Waals surface area contributed by atoms with E-state index in [2.05, 4.69) is 45.3 Å². The maximum Gasteiger partial charge on any atom is 0.0786 e. The molecule has 0 aromatic heterocycles. The zero-order valence-electron chi connectivity index (χ0n) is 20.5. The average Bonchev–Trinajstić information content (AvgIpc) is 2.79. The van der Waals surface area contributed by atoms with Gasteiger partial charge < -0.3 is 16.1 Å². The molecule has 0 aliphatic heterocycles. The molecule has 0 amide bonds. The second-order valence-electron chi connectivity index (χ2n) is 8.13. The molecule has 0 spiro atoms. The second-order valence-corrected chi connectivity index (χ2v) is 8.13. The van der Waals surface area contributed by atoms with Crippen molar-refractivity contribution >= 4 is 11.7 Å². The summed E-state index contributed by atoms with van der Waals surface area (Å²) in [7, 11) is 0. The Hall–Kier alpha value is -3.15. The second kappa shape index (κ2) is 12.2. The van der Waals surface area contributed by atoms with Crippen molar-refractivity contribution in [2.24, 2.45) is 0 Å². The smallest absolute Gasteiger partial charge is 0.0786 e. The highest BCUT2D eigenvalue weighted by Crippen LogP contribution is 2.29. The van der Waals surface area contributed by atoms with Crippen molar-refractivity contribution in [3.05, 3.63) is 99.1 Å². The van der Waals surface area contributed by atoms with Gasteiger partial charge in [0.2, 0.25) is 0 Å². The van der Waals surface area contributed by atoms with Gasteiger partial charge in [0, 0.05) is 5.56 Å². The molecule has 5 nitrogen and oxygen atoms in total. The van der Waals surface area contributed by atoms with Crippen LogP contribution in [0.1, 0.15) is 63.1 Å². The van der Waals surface area contributed by atoms with Crippen LogP contribution in [0.15, 0.2) is 54.6 Å². The normalized spacial score (nSPS) is 10.5. The molecule has 5 heteroatoms. The molecular weight excluding hydrogens is 412 g/mol. The van der Waals surface area contributed by atoms with Crippen molar-refractivity contribution in [2.45, 2.75) is 53.4 Å². The fourth-order valence-corrected chi connectivity index (χ4v) is 4.47. The lowest BCUT2D eigenvalue weighted by Gasteiger charge is -2.23. The summed E-state index contributed by atoms with van der Waals surface area (Å²) < 4.78 is 0. The Bertz CT molecular complexity index is 1060. The topological polar surface area (TPSA) is 97.9 Å². The highest BCUT2D eigenvalue weighted by atomic mass is 16.6. The Morgan fingerprint density at radius 2 is 1.52 bits per heavy atom. The molecule has 3 aromatic rings. The van der Waals surface area contributed by atoms with Crippen LogP contribution in [0.3, 0.4) is 0 Å². The van der Waals surface area contributed by atoms with Gasteiger partial charge in [-0.25, -0.2) is 0 Å². The molecule has 0 unspecified atom stereocenters. The predicted octanol–water partition coefficient (Wildman–Crippen LogP) is 5.34. The minimum absolute atomic E-state index is 0. The maximum absolute atomic E-state index is 12.2. The summed E-state index contributed by atoms with van der Waals surface area (Å²) in [5.41, 5.74) is 11.9. The summed E-state index contributed by atoms with van der Waals surface area (Å²) in [5.74, 6) is -1.12. The lowest BCUT2D eigenvalue weighted by molar-refractivity contribution is -0.255. The lowest BCUT2D eigenvalue weighted by Crippen LogP contribution is -2.26. The van der Waals surface area contributed by atoms with Crippen LogP contribution in [-0.2, 0) is 30.5 Å². The van der Waals surface area contributed by atoms with Gasteiger partial charge in [-0.1, -0.05) is 50.2 Å². The first kappa shape index (κ1) is 26.1. The van der Waals surface area contributed by atoms with Crippen LogP contribution in [0.5, 0.6) is 0 Å². The first-order chi connectivity index (χ1) is 15.5. The summed E-state index contributed by atoms with van der Waals surface area (Å²) in [6, 6.07) is 17.7. The van der Waals surface area contributed by atoms with Crippen LogP contribution in [0.2, 0.25) is 0 Å². The number of aryl methyl sites for hydroxylation is 2. The van der Waals surface area contributed by atoms with Crippen molar-refractivity contribution in [3.8, 4) is 0 Å². The van der Waals surface area contributed by atoms with Crippen LogP contribution in [0.4, 0.5) is 5.69 Å². The quantitative estimate of drug-likeness (QED) is 0.323. The first-order valence-electron chi connectivity index (χ1n) is 11.3. The fraction of sp³-hybridized carbons (Fsp3) is 0.321. The van der Waals surface area contributed by atoms with Crippen LogP contribution in [0, 0.1) is 13.8 Å².